The van der Waals surface area contributed by atoms with Crippen LogP contribution in [0, 0.1) is 6.92 Å². The highest BCUT2D eigenvalue weighted by Gasteiger charge is 2.13. The van der Waals surface area contributed by atoms with E-state index in [0.29, 0.717) is 33.6 Å². The van der Waals surface area contributed by atoms with Crippen LogP contribution in [-0.2, 0) is 0 Å². The molecule has 0 radical (unpaired) electrons. The van der Waals surface area contributed by atoms with Crippen LogP contribution in [0.4, 0.5) is 0 Å². The van der Waals surface area contributed by atoms with Crippen molar-refractivity contribution in [3.05, 3.63) is 52.3 Å². The summed E-state index contributed by atoms with van der Waals surface area (Å²) in [6.45, 7) is 1.76. The van der Waals surface area contributed by atoms with Crippen LogP contribution in [-0.4, -0.2) is 22.2 Å². The lowest BCUT2D eigenvalue weighted by atomic mass is 10.1. The third-order valence-corrected chi connectivity index (χ3v) is 3.38. The smallest absolute Gasteiger partial charge is 0.259 e. The van der Waals surface area contributed by atoms with Crippen LogP contribution in [0.25, 0.3) is 22.3 Å². The maximum absolute atomic E-state index is 12.1. The molecular weight excluding hydrogens is 268 g/mol. The number of benzene rings is 2. The van der Waals surface area contributed by atoms with Crippen LogP contribution in [0.5, 0.6) is 11.5 Å². The molecule has 0 saturated heterocycles. The molecule has 3 rings (SSSR count). The third-order valence-electron chi connectivity index (χ3n) is 3.38. The van der Waals surface area contributed by atoms with Gasteiger partial charge >= 0.3 is 0 Å². The van der Waals surface area contributed by atoms with Crippen molar-refractivity contribution >= 4 is 10.9 Å². The predicted molar refractivity (Wildman–Crippen MR) is 80.8 cm³/mol. The molecule has 3 aromatic rings. The summed E-state index contributed by atoms with van der Waals surface area (Å²) in [6, 6.07) is 10.4. The van der Waals surface area contributed by atoms with Crippen LogP contribution in [0.1, 0.15) is 5.56 Å². The van der Waals surface area contributed by atoms with Crippen molar-refractivity contribution in [1.82, 2.24) is 9.97 Å². The lowest BCUT2D eigenvalue weighted by molar-refractivity contribution is 0.412. The SMILES string of the molecule is COc1cc(C)c(O)c(-c2nc3ccccc3c(=O)[nH]2)c1. The zero-order valence-corrected chi connectivity index (χ0v) is 11.7. The molecule has 1 heterocycles. The van der Waals surface area contributed by atoms with Crippen molar-refractivity contribution < 1.29 is 9.84 Å². The summed E-state index contributed by atoms with van der Waals surface area (Å²) in [5, 5.41) is 10.7. The Bertz CT molecular complexity index is 884. The first-order chi connectivity index (χ1) is 10.1. The first-order valence-electron chi connectivity index (χ1n) is 6.47. The number of hydrogen-bond donors (Lipinski definition) is 2. The number of ether oxygens (including phenoxy) is 1. The fraction of sp³-hybridized carbons (Fsp3) is 0.125. The van der Waals surface area contributed by atoms with E-state index in [0.717, 1.165) is 0 Å². The van der Waals surface area contributed by atoms with Gasteiger partial charge in [-0.25, -0.2) is 4.98 Å². The molecule has 5 heteroatoms. The molecule has 0 aliphatic rings. The van der Waals surface area contributed by atoms with Gasteiger partial charge in [0, 0.05) is 0 Å². The normalized spacial score (nSPS) is 10.8. The highest BCUT2D eigenvalue weighted by molar-refractivity contribution is 5.80. The molecule has 0 unspecified atom stereocenters. The average molecular weight is 282 g/mol. The summed E-state index contributed by atoms with van der Waals surface area (Å²) in [5.74, 6) is 0.989. The van der Waals surface area contributed by atoms with E-state index in [4.69, 9.17) is 4.74 Å². The predicted octanol–water partition coefficient (Wildman–Crippen LogP) is 2.61. The minimum atomic E-state index is -0.240. The van der Waals surface area contributed by atoms with Crippen molar-refractivity contribution in [1.29, 1.82) is 0 Å². The molecule has 2 N–H and O–H groups in total. The minimum absolute atomic E-state index is 0.0780. The second-order valence-corrected chi connectivity index (χ2v) is 4.77. The first kappa shape index (κ1) is 13.2. The quantitative estimate of drug-likeness (QED) is 0.757. The molecule has 21 heavy (non-hydrogen) atoms. The Kier molecular flexibility index (Phi) is 3.10. The van der Waals surface area contributed by atoms with Gasteiger partial charge in [0.15, 0.2) is 0 Å². The van der Waals surface area contributed by atoms with E-state index in [2.05, 4.69) is 9.97 Å². The van der Waals surface area contributed by atoms with Crippen molar-refractivity contribution in [3.8, 4) is 22.9 Å². The molecule has 5 nitrogen and oxygen atoms in total. The molecule has 106 valence electrons. The summed E-state index contributed by atoms with van der Waals surface area (Å²) in [6.07, 6.45) is 0. The lowest BCUT2D eigenvalue weighted by Gasteiger charge is -2.10. The molecular formula is C16H14N2O3. The Balaban J connectivity index is 2.30. The topological polar surface area (TPSA) is 75.2 Å². The third kappa shape index (κ3) is 2.23. The van der Waals surface area contributed by atoms with E-state index in [1.54, 1.807) is 44.4 Å². The summed E-state index contributed by atoms with van der Waals surface area (Å²) in [7, 11) is 1.55. The van der Waals surface area contributed by atoms with E-state index in [1.165, 1.54) is 0 Å². The second-order valence-electron chi connectivity index (χ2n) is 4.77. The number of phenolic OH excluding ortho intramolecular Hbond substituents is 1. The van der Waals surface area contributed by atoms with Crippen molar-refractivity contribution in [2.75, 3.05) is 7.11 Å². The maximum Gasteiger partial charge on any atom is 0.259 e. The molecule has 0 aliphatic heterocycles. The van der Waals surface area contributed by atoms with Gasteiger partial charge in [-0.15, -0.1) is 0 Å². The van der Waals surface area contributed by atoms with Crippen LogP contribution < -0.4 is 10.3 Å². The van der Waals surface area contributed by atoms with Crippen LogP contribution in [0.15, 0.2) is 41.2 Å². The summed E-state index contributed by atoms with van der Waals surface area (Å²) in [5.41, 5.74) is 1.43. The number of aryl methyl sites for hydroxylation is 1. The Labute approximate surface area is 120 Å². The van der Waals surface area contributed by atoms with Crippen LogP contribution >= 0.6 is 0 Å². The number of H-pyrrole nitrogens is 1. The molecule has 0 atom stereocenters. The number of aromatic nitrogens is 2. The zero-order chi connectivity index (χ0) is 15.0. The minimum Gasteiger partial charge on any atom is -0.507 e. The van der Waals surface area contributed by atoms with Crippen molar-refractivity contribution in [2.24, 2.45) is 0 Å². The summed E-state index contributed by atoms with van der Waals surface area (Å²) in [4.78, 5) is 19.2. The van der Waals surface area contributed by atoms with E-state index in [-0.39, 0.29) is 11.3 Å². The van der Waals surface area contributed by atoms with Crippen LogP contribution in [0.3, 0.4) is 0 Å². The second kappa shape index (κ2) is 4.94. The molecule has 0 saturated carbocycles. The number of nitrogens with zero attached hydrogens (tertiary/aromatic N) is 1. The van der Waals surface area contributed by atoms with Crippen molar-refractivity contribution in [2.45, 2.75) is 6.92 Å². The largest absolute Gasteiger partial charge is 0.507 e. The number of phenols is 1. The number of hydrogen-bond acceptors (Lipinski definition) is 4. The maximum atomic E-state index is 12.1. The van der Waals surface area contributed by atoms with Gasteiger partial charge in [0.25, 0.3) is 5.56 Å². The number of aromatic amines is 1. The molecule has 0 bridgehead atoms. The molecule has 0 amide bonds. The van der Waals surface area contributed by atoms with Gasteiger partial charge in [-0.1, -0.05) is 12.1 Å². The lowest BCUT2D eigenvalue weighted by Crippen LogP contribution is -2.09. The summed E-state index contributed by atoms with van der Waals surface area (Å²) < 4.78 is 5.20. The highest BCUT2D eigenvalue weighted by Crippen LogP contribution is 2.33. The van der Waals surface area contributed by atoms with Gasteiger partial charge < -0.3 is 14.8 Å². The van der Waals surface area contributed by atoms with E-state index >= 15 is 0 Å². The fourth-order valence-electron chi connectivity index (χ4n) is 2.26. The Morgan fingerprint density at radius 2 is 2.00 bits per heavy atom. The number of nitrogens with one attached hydrogen (secondary N) is 1. The average Bonchev–Trinajstić information content (AvgIpc) is 2.49. The van der Waals surface area contributed by atoms with E-state index in [9.17, 15) is 9.90 Å². The molecule has 0 aliphatic carbocycles. The van der Waals surface area contributed by atoms with Gasteiger partial charge in [0.2, 0.25) is 0 Å². The van der Waals surface area contributed by atoms with Gasteiger partial charge in [-0.05, 0) is 36.8 Å². The van der Waals surface area contributed by atoms with Crippen LogP contribution in [0.2, 0.25) is 0 Å². The van der Waals surface area contributed by atoms with Gasteiger partial charge in [-0.2, -0.15) is 0 Å². The van der Waals surface area contributed by atoms with Gasteiger partial charge in [0.05, 0.1) is 23.6 Å². The first-order valence-corrected chi connectivity index (χ1v) is 6.47. The van der Waals surface area contributed by atoms with Gasteiger partial charge in [-0.3, -0.25) is 4.79 Å². The number of aromatic hydroxyl groups is 1. The molecule has 2 aromatic carbocycles. The van der Waals surface area contributed by atoms with E-state index in [1.807, 2.05) is 6.07 Å². The number of fused-ring (bicyclic) bond motifs is 1. The van der Waals surface area contributed by atoms with Crippen molar-refractivity contribution in [3.63, 3.8) is 0 Å². The Morgan fingerprint density at radius 3 is 2.76 bits per heavy atom. The number of para-hydroxylation sites is 1. The molecule has 0 spiro atoms. The Hall–Kier alpha value is -2.82. The Morgan fingerprint density at radius 1 is 1.24 bits per heavy atom. The monoisotopic (exact) mass is 282 g/mol. The number of rotatable bonds is 2. The summed E-state index contributed by atoms with van der Waals surface area (Å²) >= 11 is 0. The van der Waals surface area contributed by atoms with E-state index < -0.39 is 0 Å². The standard InChI is InChI=1S/C16H14N2O3/c1-9-7-10(21-2)8-12(14(9)19)15-17-13-6-4-3-5-11(13)16(20)18-15/h3-8,19H,1-2H3,(H,17,18,20). The van der Waals surface area contributed by atoms with Gasteiger partial charge in [0.1, 0.15) is 17.3 Å². The highest BCUT2D eigenvalue weighted by atomic mass is 16.5. The molecule has 0 fully saturated rings. The zero-order valence-electron chi connectivity index (χ0n) is 11.7. The molecule has 1 aromatic heterocycles. The number of methoxy groups -OCH3 is 1. The fourth-order valence-corrected chi connectivity index (χ4v) is 2.26.